The minimum Gasteiger partial charge on any atom is -0.444 e. The van der Waals surface area contributed by atoms with E-state index in [2.05, 4.69) is 22.8 Å². The molecule has 6 heteroatoms. The molecular weight excluding hydrogens is 320 g/mol. The van der Waals surface area contributed by atoms with Gasteiger partial charge in [-0.3, -0.25) is 4.79 Å². The molecule has 0 heterocycles. The summed E-state index contributed by atoms with van der Waals surface area (Å²) in [6.45, 7) is 7.35. The summed E-state index contributed by atoms with van der Waals surface area (Å²) in [5.41, 5.74) is 0.728. The number of hydrogen-bond acceptors (Lipinski definition) is 4. The third kappa shape index (κ3) is 12.0. The van der Waals surface area contributed by atoms with Crippen LogP contribution in [0.25, 0.3) is 0 Å². The van der Waals surface area contributed by atoms with Crippen LogP contribution in [-0.2, 0) is 20.7 Å². The monoisotopic (exact) mass is 350 g/mol. The van der Waals surface area contributed by atoms with Crippen LogP contribution in [0, 0.1) is 0 Å². The molecule has 0 spiro atoms. The Bertz CT molecular complexity index is 512. The lowest BCUT2D eigenvalue weighted by Gasteiger charge is -2.19. The molecule has 0 saturated carbocycles. The molecule has 2 amide bonds. The zero-order valence-electron chi connectivity index (χ0n) is 15.5. The van der Waals surface area contributed by atoms with Crippen molar-refractivity contribution in [3.05, 3.63) is 35.9 Å². The number of alkyl carbamates (subject to hydrolysis) is 1. The molecule has 0 unspecified atom stereocenters. The van der Waals surface area contributed by atoms with Gasteiger partial charge >= 0.3 is 6.09 Å². The Morgan fingerprint density at radius 2 is 1.68 bits per heavy atom. The van der Waals surface area contributed by atoms with Crippen molar-refractivity contribution in [2.45, 2.75) is 45.6 Å². The van der Waals surface area contributed by atoms with Crippen molar-refractivity contribution < 1.29 is 19.1 Å². The number of benzene rings is 1. The van der Waals surface area contributed by atoms with E-state index in [0.29, 0.717) is 39.1 Å². The summed E-state index contributed by atoms with van der Waals surface area (Å²) in [5, 5.41) is 5.35. The van der Waals surface area contributed by atoms with Crippen LogP contribution in [0.5, 0.6) is 0 Å². The van der Waals surface area contributed by atoms with Gasteiger partial charge in [-0.2, -0.15) is 0 Å². The van der Waals surface area contributed by atoms with E-state index in [0.717, 1.165) is 6.42 Å². The van der Waals surface area contributed by atoms with Gasteiger partial charge in [-0.25, -0.2) is 4.79 Å². The van der Waals surface area contributed by atoms with Gasteiger partial charge in [-0.1, -0.05) is 30.3 Å². The molecule has 140 valence electrons. The first-order valence-electron chi connectivity index (χ1n) is 8.72. The number of amides is 2. The molecule has 0 bridgehead atoms. The minimum absolute atomic E-state index is 0.0438. The van der Waals surface area contributed by atoms with Gasteiger partial charge in [-0.05, 0) is 39.2 Å². The summed E-state index contributed by atoms with van der Waals surface area (Å²) < 4.78 is 10.6. The van der Waals surface area contributed by atoms with E-state index < -0.39 is 11.7 Å². The van der Waals surface area contributed by atoms with Gasteiger partial charge in [0, 0.05) is 26.1 Å². The molecule has 25 heavy (non-hydrogen) atoms. The Labute approximate surface area is 150 Å². The van der Waals surface area contributed by atoms with E-state index >= 15 is 0 Å². The van der Waals surface area contributed by atoms with Gasteiger partial charge in [0.2, 0.25) is 5.91 Å². The van der Waals surface area contributed by atoms with E-state index in [1.54, 1.807) is 20.8 Å². The normalized spacial score (nSPS) is 11.0. The fourth-order valence-electron chi connectivity index (χ4n) is 2.04. The second-order valence-electron chi connectivity index (χ2n) is 6.73. The summed E-state index contributed by atoms with van der Waals surface area (Å²) in [6, 6.07) is 10.2. The molecule has 0 radical (unpaired) electrons. The van der Waals surface area contributed by atoms with Gasteiger partial charge in [0.1, 0.15) is 5.60 Å². The van der Waals surface area contributed by atoms with Crippen LogP contribution in [0.4, 0.5) is 4.79 Å². The van der Waals surface area contributed by atoms with E-state index in [-0.39, 0.29) is 5.91 Å². The van der Waals surface area contributed by atoms with Crippen molar-refractivity contribution in [3.63, 3.8) is 0 Å². The molecule has 0 fully saturated rings. The third-order valence-corrected chi connectivity index (χ3v) is 3.19. The third-order valence-electron chi connectivity index (χ3n) is 3.19. The average Bonchev–Trinajstić information content (AvgIpc) is 2.54. The first kappa shape index (κ1) is 21.0. The lowest BCUT2D eigenvalue weighted by atomic mass is 10.2. The van der Waals surface area contributed by atoms with Crippen LogP contribution in [0.1, 0.15) is 39.2 Å². The van der Waals surface area contributed by atoms with Gasteiger partial charge in [0.25, 0.3) is 0 Å². The van der Waals surface area contributed by atoms with Crippen LogP contribution < -0.4 is 10.6 Å². The Morgan fingerprint density at radius 1 is 1.00 bits per heavy atom. The molecule has 6 nitrogen and oxygen atoms in total. The molecule has 0 atom stereocenters. The van der Waals surface area contributed by atoms with E-state index in [1.807, 2.05) is 18.2 Å². The first-order valence-corrected chi connectivity index (χ1v) is 8.72. The Balaban J connectivity index is 1.94. The highest BCUT2D eigenvalue weighted by molar-refractivity contribution is 5.75. The summed E-state index contributed by atoms with van der Waals surface area (Å²) in [7, 11) is 0. The smallest absolute Gasteiger partial charge is 0.407 e. The Hall–Kier alpha value is -2.08. The van der Waals surface area contributed by atoms with Crippen molar-refractivity contribution in [1.29, 1.82) is 0 Å². The zero-order valence-corrected chi connectivity index (χ0v) is 15.5. The fraction of sp³-hybridized carbons (Fsp3) is 0.579. The molecule has 0 aromatic heterocycles. The summed E-state index contributed by atoms with van der Waals surface area (Å²) in [4.78, 5) is 23.1. The minimum atomic E-state index is -0.520. The van der Waals surface area contributed by atoms with Crippen molar-refractivity contribution in [2.24, 2.45) is 0 Å². The SMILES string of the molecule is CC(C)(C)OC(=O)NCCNC(=O)CCCOCCc1ccccc1. The fourth-order valence-corrected chi connectivity index (χ4v) is 2.04. The number of nitrogens with one attached hydrogen (secondary N) is 2. The van der Waals surface area contributed by atoms with E-state index in [9.17, 15) is 9.59 Å². The standard InChI is InChI=1S/C19H30N2O4/c1-19(2,3)25-18(23)21-13-12-20-17(22)10-7-14-24-15-11-16-8-5-4-6-9-16/h4-6,8-9H,7,10-15H2,1-3H3,(H,20,22)(H,21,23). The largest absolute Gasteiger partial charge is 0.444 e. The number of hydrogen-bond donors (Lipinski definition) is 2. The number of ether oxygens (including phenoxy) is 2. The van der Waals surface area contributed by atoms with Crippen molar-refractivity contribution >= 4 is 12.0 Å². The Kier molecular flexibility index (Phi) is 9.62. The molecule has 0 aliphatic rings. The number of carbonyl (C=O) groups excluding carboxylic acids is 2. The maximum Gasteiger partial charge on any atom is 0.407 e. The topological polar surface area (TPSA) is 76.7 Å². The molecule has 1 rings (SSSR count). The average molecular weight is 350 g/mol. The van der Waals surface area contributed by atoms with Gasteiger partial charge < -0.3 is 20.1 Å². The second-order valence-corrected chi connectivity index (χ2v) is 6.73. The highest BCUT2D eigenvalue weighted by Crippen LogP contribution is 2.06. The second kappa shape index (κ2) is 11.5. The number of rotatable bonds is 10. The Morgan fingerprint density at radius 3 is 2.36 bits per heavy atom. The van der Waals surface area contributed by atoms with E-state index in [1.165, 1.54) is 5.56 Å². The molecule has 1 aromatic rings. The van der Waals surface area contributed by atoms with Crippen LogP contribution in [0.15, 0.2) is 30.3 Å². The highest BCUT2D eigenvalue weighted by Gasteiger charge is 2.15. The first-order chi connectivity index (χ1) is 11.9. The predicted octanol–water partition coefficient (Wildman–Crippen LogP) is 2.67. The van der Waals surface area contributed by atoms with Crippen LogP contribution in [0.2, 0.25) is 0 Å². The predicted molar refractivity (Wildman–Crippen MR) is 97.4 cm³/mol. The summed E-state index contributed by atoms with van der Waals surface area (Å²) >= 11 is 0. The van der Waals surface area contributed by atoms with Crippen LogP contribution in [0.3, 0.4) is 0 Å². The van der Waals surface area contributed by atoms with Crippen molar-refractivity contribution in [2.75, 3.05) is 26.3 Å². The van der Waals surface area contributed by atoms with Gasteiger partial charge in [0.15, 0.2) is 0 Å². The molecule has 2 N–H and O–H groups in total. The summed E-state index contributed by atoms with van der Waals surface area (Å²) in [5.74, 6) is -0.0438. The van der Waals surface area contributed by atoms with Crippen molar-refractivity contribution in [3.8, 4) is 0 Å². The molecule has 0 aliphatic heterocycles. The summed E-state index contributed by atoms with van der Waals surface area (Å²) in [6.07, 6.45) is 1.50. The lowest BCUT2D eigenvalue weighted by molar-refractivity contribution is -0.121. The van der Waals surface area contributed by atoms with Crippen molar-refractivity contribution in [1.82, 2.24) is 10.6 Å². The highest BCUT2D eigenvalue weighted by atomic mass is 16.6. The van der Waals surface area contributed by atoms with Gasteiger partial charge in [0.05, 0.1) is 6.61 Å². The van der Waals surface area contributed by atoms with E-state index in [4.69, 9.17) is 9.47 Å². The molecule has 0 saturated heterocycles. The molecular formula is C19H30N2O4. The van der Waals surface area contributed by atoms with Gasteiger partial charge in [-0.15, -0.1) is 0 Å². The quantitative estimate of drug-likeness (QED) is 0.636. The van der Waals surface area contributed by atoms with Crippen LogP contribution >= 0.6 is 0 Å². The molecule has 1 aromatic carbocycles. The molecule has 0 aliphatic carbocycles. The van der Waals surface area contributed by atoms with Crippen LogP contribution in [-0.4, -0.2) is 43.9 Å². The zero-order chi connectivity index (χ0) is 18.5. The number of carbonyl (C=O) groups is 2. The maximum absolute atomic E-state index is 11.7. The maximum atomic E-state index is 11.7. The lowest BCUT2D eigenvalue weighted by Crippen LogP contribution is -2.37.